The Morgan fingerprint density at radius 1 is 1.38 bits per heavy atom. The van der Waals surface area contributed by atoms with E-state index >= 15 is 0 Å². The van der Waals surface area contributed by atoms with Crippen molar-refractivity contribution in [2.45, 2.75) is 24.6 Å². The highest BCUT2D eigenvalue weighted by Crippen LogP contribution is 2.45. The predicted molar refractivity (Wildman–Crippen MR) is 53.3 cm³/mol. The smallest absolute Gasteiger partial charge is 0.416 e. The summed E-state index contributed by atoms with van der Waals surface area (Å²) >= 11 is 0. The second-order valence-electron chi connectivity index (χ2n) is 3.96. The van der Waals surface area contributed by atoms with Gasteiger partial charge < -0.3 is 10.5 Å². The first kappa shape index (κ1) is 11.3. The molecule has 2 atom stereocenters. The number of nitrogens with two attached hydrogens (primary N) is 1. The van der Waals surface area contributed by atoms with Crippen LogP contribution < -0.4 is 10.5 Å². The van der Waals surface area contributed by atoms with Crippen LogP contribution in [0.25, 0.3) is 0 Å². The lowest BCUT2D eigenvalue weighted by atomic mass is 10.0. The lowest BCUT2D eigenvalue weighted by Crippen LogP contribution is -2.11. The Morgan fingerprint density at radius 2 is 2.00 bits per heavy atom. The van der Waals surface area contributed by atoms with Gasteiger partial charge in [0.2, 0.25) is 0 Å². The summed E-state index contributed by atoms with van der Waals surface area (Å²) in [7, 11) is 1.35. The fraction of sp³-hybridized carbons (Fsp3) is 0.455. The molecular formula is C11H12F3NO. The van der Waals surface area contributed by atoms with E-state index in [0.717, 1.165) is 6.07 Å². The summed E-state index contributed by atoms with van der Waals surface area (Å²) in [6.45, 7) is 0. The molecule has 1 aromatic carbocycles. The average Bonchev–Trinajstić information content (AvgIpc) is 2.93. The minimum atomic E-state index is -4.35. The molecule has 5 heteroatoms. The van der Waals surface area contributed by atoms with Crippen LogP contribution in [0.15, 0.2) is 18.2 Å². The van der Waals surface area contributed by atoms with Crippen LogP contribution in [-0.4, -0.2) is 13.2 Å². The lowest BCUT2D eigenvalue weighted by Gasteiger charge is -2.13. The molecule has 2 nitrogen and oxygen atoms in total. The molecule has 0 heterocycles. The molecule has 0 bridgehead atoms. The fourth-order valence-corrected chi connectivity index (χ4v) is 1.80. The maximum atomic E-state index is 12.8. The molecule has 2 rings (SSSR count). The molecule has 1 saturated carbocycles. The molecule has 1 aromatic rings. The average molecular weight is 231 g/mol. The first-order valence-electron chi connectivity index (χ1n) is 4.94. The summed E-state index contributed by atoms with van der Waals surface area (Å²) in [4.78, 5) is 0. The number of benzene rings is 1. The van der Waals surface area contributed by atoms with E-state index in [1.807, 2.05) is 0 Å². The number of hydrogen-bond donors (Lipinski definition) is 1. The van der Waals surface area contributed by atoms with Gasteiger partial charge in [0.1, 0.15) is 5.75 Å². The summed E-state index contributed by atoms with van der Waals surface area (Å²) < 4.78 is 43.2. The second-order valence-corrected chi connectivity index (χ2v) is 3.96. The maximum absolute atomic E-state index is 12.8. The third kappa shape index (κ3) is 2.00. The van der Waals surface area contributed by atoms with Gasteiger partial charge in [-0.3, -0.25) is 0 Å². The molecule has 2 unspecified atom stereocenters. The van der Waals surface area contributed by atoms with Crippen LogP contribution in [0.4, 0.5) is 13.2 Å². The Bertz CT molecular complexity index is 403. The van der Waals surface area contributed by atoms with Crippen molar-refractivity contribution in [3.05, 3.63) is 29.3 Å². The molecule has 2 N–H and O–H groups in total. The van der Waals surface area contributed by atoms with Crippen LogP contribution in [0.1, 0.15) is 23.5 Å². The highest BCUT2D eigenvalue weighted by atomic mass is 19.4. The Labute approximate surface area is 91.2 Å². The van der Waals surface area contributed by atoms with Crippen LogP contribution in [0.2, 0.25) is 0 Å². The van der Waals surface area contributed by atoms with E-state index in [9.17, 15) is 13.2 Å². The summed E-state index contributed by atoms with van der Waals surface area (Å²) in [5.74, 6) is 0.0489. The first-order valence-corrected chi connectivity index (χ1v) is 4.94. The van der Waals surface area contributed by atoms with Gasteiger partial charge in [-0.25, -0.2) is 0 Å². The molecule has 16 heavy (non-hydrogen) atoms. The van der Waals surface area contributed by atoms with Crippen molar-refractivity contribution in [1.29, 1.82) is 0 Å². The first-order chi connectivity index (χ1) is 7.43. The highest BCUT2D eigenvalue weighted by Gasteiger charge is 2.42. The molecule has 0 aliphatic heterocycles. The van der Waals surface area contributed by atoms with Crippen molar-refractivity contribution in [2.24, 2.45) is 5.73 Å². The number of rotatable bonds is 2. The molecule has 0 spiro atoms. The summed E-state index contributed by atoms with van der Waals surface area (Å²) in [5, 5.41) is 0. The predicted octanol–water partition coefficient (Wildman–Crippen LogP) is 2.53. The summed E-state index contributed by atoms with van der Waals surface area (Å²) in [5.41, 5.74) is 5.23. The van der Waals surface area contributed by atoms with Crippen molar-refractivity contribution >= 4 is 0 Å². The van der Waals surface area contributed by atoms with Gasteiger partial charge in [-0.05, 0) is 24.1 Å². The number of alkyl halides is 3. The molecule has 0 saturated heterocycles. The van der Waals surface area contributed by atoms with Crippen LogP contribution in [0.3, 0.4) is 0 Å². The van der Waals surface area contributed by atoms with Gasteiger partial charge in [-0.1, -0.05) is 6.07 Å². The number of methoxy groups -OCH3 is 1. The van der Waals surface area contributed by atoms with Crippen LogP contribution in [0, 0.1) is 0 Å². The Kier molecular flexibility index (Phi) is 2.58. The van der Waals surface area contributed by atoms with E-state index in [1.54, 1.807) is 0 Å². The van der Waals surface area contributed by atoms with Crippen molar-refractivity contribution < 1.29 is 17.9 Å². The quantitative estimate of drug-likeness (QED) is 0.848. The molecule has 1 aliphatic carbocycles. The fourth-order valence-electron chi connectivity index (χ4n) is 1.80. The molecular weight excluding hydrogens is 219 g/mol. The second kappa shape index (κ2) is 3.66. The summed E-state index contributed by atoms with van der Waals surface area (Å²) in [6, 6.07) is 3.88. The largest absolute Gasteiger partial charge is 0.497 e. The van der Waals surface area contributed by atoms with E-state index in [-0.39, 0.29) is 23.3 Å². The standard InChI is InChI=1S/C11H12F3NO/c1-16-6-2-3-7(8-5-10(8)15)9(4-6)11(12,13)14/h2-4,8,10H,5,15H2,1H3. The van der Waals surface area contributed by atoms with Crippen molar-refractivity contribution in [3.63, 3.8) is 0 Å². The van der Waals surface area contributed by atoms with Gasteiger partial charge >= 0.3 is 6.18 Å². The van der Waals surface area contributed by atoms with Crippen LogP contribution in [0.5, 0.6) is 5.75 Å². The monoisotopic (exact) mass is 231 g/mol. The van der Waals surface area contributed by atoms with Gasteiger partial charge in [0.15, 0.2) is 0 Å². The number of ether oxygens (including phenoxy) is 1. The molecule has 88 valence electrons. The highest BCUT2D eigenvalue weighted by molar-refractivity contribution is 5.42. The van der Waals surface area contributed by atoms with E-state index in [2.05, 4.69) is 0 Å². The molecule has 1 aliphatic rings. The van der Waals surface area contributed by atoms with Crippen molar-refractivity contribution in [2.75, 3.05) is 7.11 Å². The minimum Gasteiger partial charge on any atom is -0.497 e. The SMILES string of the molecule is COc1ccc(C2CC2N)c(C(F)(F)F)c1. The van der Waals surface area contributed by atoms with E-state index in [0.29, 0.717) is 6.42 Å². The Hall–Kier alpha value is -1.23. The van der Waals surface area contributed by atoms with Crippen molar-refractivity contribution in [1.82, 2.24) is 0 Å². The molecule has 0 radical (unpaired) electrons. The Morgan fingerprint density at radius 3 is 2.44 bits per heavy atom. The van der Waals surface area contributed by atoms with Crippen LogP contribution >= 0.6 is 0 Å². The molecule has 0 amide bonds. The van der Waals surface area contributed by atoms with Crippen LogP contribution in [-0.2, 0) is 6.18 Å². The van der Waals surface area contributed by atoms with Gasteiger partial charge in [0, 0.05) is 12.0 Å². The zero-order chi connectivity index (χ0) is 11.9. The van der Waals surface area contributed by atoms with Gasteiger partial charge in [-0.15, -0.1) is 0 Å². The van der Waals surface area contributed by atoms with Gasteiger partial charge in [-0.2, -0.15) is 13.2 Å². The van der Waals surface area contributed by atoms with E-state index < -0.39 is 11.7 Å². The zero-order valence-corrected chi connectivity index (χ0v) is 8.71. The zero-order valence-electron chi connectivity index (χ0n) is 8.71. The topological polar surface area (TPSA) is 35.2 Å². The van der Waals surface area contributed by atoms with E-state index in [1.165, 1.54) is 19.2 Å². The van der Waals surface area contributed by atoms with Gasteiger partial charge in [0.25, 0.3) is 0 Å². The third-order valence-corrected chi connectivity index (χ3v) is 2.81. The number of halogens is 3. The lowest BCUT2D eigenvalue weighted by molar-refractivity contribution is -0.138. The molecule has 0 aromatic heterocycles. The number of hydrogen-bond acceptors (Lipinski definition) is 2. The Balaban J connectivity index is 2.44. The van der Waals surface area contributed by atoms with E-state index in [4.69, 9.17) is 10.5 Å². The normalized spacial score (nSPS) is 24.3. The summed E-state index contributed by atoms with van der Waals surface area (Å²) in [6.07, 6.45) is -3.73. The minimum absolute atomic E-state index is 0.144. The van der Waals surface area contributed by atoms with Gasteiger partial charge in [0.05, 0.1) is 12.7 Å². The third-order valence-electron chi connectivity index (χ3n) is 2.81. The molecule has 1 fully saturated rings. The van der Waals surface area contributed by atoms with Crippen molar-refractivity contribution in [3.8, 4) is 5.75 Å². The maximum Gasteiger partial charge on any atom is 0.416 e.